The lowest BCUT2D eigenvalue weighted by Gasteiger charge is -2.28. The van der Waals surface area contributed by atoms with Crippen molar-refractivity contribution in [3.8, 4) is 0 Å². The Morgan fingerprint density at radius 1 is 1.32 bits per heavy atom. The zero-order valence-electron chi connectivity index (χ0n) is 11.3. The van der Waals surface area contributed by atoms with Crippen molar-refractivity contribution in [2.24, 2.45) is 0 Å². The molecule has 6 heteroatoms. The molecule has 2 rings (SSSR count). The molecule has 0 radical (unpaired) electrons. The molecule has 1 aliphatic carbocycles. The number of aliphatic hydroxyl groups is 1. The third-order valence-corrected chi connectivity index (χ3v) is 3.35. The van der Waals surface area contributed by atoms with Gasteiger partial charge in [-0.15, -0.1) is 10.2 Å². The molecule has 1 fully saturated rings. The second kappa shape index (κ2) is 5.97. The molecule has 6 nitrogen and oxygen atoms in total. The Morgan fingerprint density at radius 3 is 2.63 bits per heavy atom. The molecule has 0 spiro atoms. The third kappa shape index (κ3) is 3.41. The van der Waals surface area contributed by atoms with Crippen LogP contribution < -0.4 is 5.32 Å². The first kappa shape index (κ1) is 13.7. The van der Waals surface area contributed by atoms with Crippen molar-refractivity contribution >= 4 is 11.7 Å². The molecule has 2 unspecified atom stereocenters. The van der Waals surface area contributed by atoms with Crippen LogP contribution in [-0.4, -0.2) is 52.4 Å². The van der Waals surface area contributed by atoms with Gasteiger partial charge in [0.15, 0.2) is 5.69 Å². The number of hydrogen-bond acceptors (Lipinski definition) is 5. The summed E-state index contributed by atoms with van der Waals surface area (Å²) in [6.45, 7) is 0. The Morgan fingerprint density at radius 2 is 2.05 bits per heavy atom. The highest BCUT2D eigenvalue weighted by Gasteiger charge is 2.23. The molecule has 2 N–H and O–H groups in total. The molecule has 1 aromatic rings. The van der Waals surface area contributed by atoms with Crippen molar-refractivity contribution < 1.29 is 9.90 Å². The van der Waals surface area contributed by atoms with Gasteiger partial charge in [-0.2, -0.15) is 0 Å². The number of carbonyl (C=O) groups is 1. The first-order valence-corrected chi connectivity index (χ1v) is 6.58. The van der Waals surface area contributed by atoms with Crippen LogP contribution in [0.3, 0.4) is 0 Å². The number of nitrogens with zero attached hydrogens (tertiary/aromatic N) is 3. The van der Waals surface area contributed by atoms with Crippen LogP contribution in [-0.2, 0) is 0 Å². The normalized spacial score (nSPS) is 22.9. The van der Waals surface area contributed by atoms with E-state index < -0.39 is 0 Å². The van der Waals surface area contributed by atoms with Crippen LogP contribution in [0.1, 0.15) is 36.2 Å². The average Bonchev–Trinajstić information content (AvgIpc) is 2.41. The van der Waals surface area contributed by atoms with Gasteiger partial charge in [0.05, 0.1) is 12.1 Å². The molecule has 104 valence electrons. The Kier molecular flexibility index (Phi) is 4.31. The first-order valence-electron chi connectivity index (χ1n) is 6.58. The van der Waals surface area contributed by atoms with Crippen molar-refractivity contribution in [2.45, 2.75) is 37.8 Å². The highest BCUT2D eigenvalue weighted by atomic mass is 16.3. The lowest BCUT2D eigenvalue weighted by Crippen LogP contribution is -2.36. The fourth-order valence-electron chi connectivity index (χ4n) is 2.22. The second-order valence-electron chi connectivity index (χ2n) is 5.11. The molecule has 1 aromatic heterocycles. The molecule has 0 saturated heterocycles. The fourth-order valence-corrected chi connectivity index (χ4v) is 2.22. The van der Waals surface area contributed by atoms with E-state index in [0.717, 1.165) is 25.7 Å². The van der Waals surface area contributed by atoms with Gasteiger partial charge in [0.25, 0.3) is 5.91 Å². The topological polar surface area (TPSA) is 78.4 Å². The summed E-state index contributed by atoms with van der Waals surface area (Å²) in [5.41, 5.74) is 0.319. The molecule has 1 saturated carbocycles. The highest BCUT2D eigenvalue weighted by Crippen LogP contribution is 2.21. The van der Waals surface area contributed by atoms with E-state index in [1.807, 2.05) is 0 Å². The van der Waals surface area contributed by atoms with E-state index in [-0.39, 0.29) is 18.1 Å². The van der Waals surface area contributed by atoms with Crippen LogP contribution in [0.25, 0.3) is 0 Å². The summed E-state index contributed by atoms with van der Waals surface area (Å²) in [5, 5.41) is 20.9. The fraction of sp³-hybridized carbons (Fsp3) is 0.615. The summed E-state index contributed by atoms with van der Waals surface area (Å²) in [7, 11) is 3.35. The maximum absolute atomic E-state index is 11.7. The van der Waals surface area contributed by atoms with E-state index in [1.165, 1.54) is 4.90 Å². The Hall–Kier alpha value is -1.69. The minimum atomic E-state index is -0.335. The van der Waals surface area contributed by atoms with Crippen LogP contribution >= 0.6 is 0 Å². The van der Waals surface area contributed by atoms with Crippen molar-refractivity contribution in [3.05, 3.63) is 17.8 Å². The van der Waals surface area contributed by atoms with E-state index in [2.05, 4.69) is 15.5 Å². The predicted molar refractivity (Wildman–Crippen MR) is 71.9 cm³/mol. The monoisotopic (exact) mass is 264 g/mol. The summed E-state index contributed by atoms with van der Waals surface area (Å²) in [6, 6.07) is 3.40. The minimum absolute atomic E-state index is 0.0263. The molecule has 1 aliphatic rings. The van der Waals surface area contributed by atoms with Crippen molar-refractivity contribution in [1.82, 2.24) is 15.1 Å². The maximum atomic E-state index is 11.7. The number of amides is 1. The van der Waals surface area contributed by atoms with Gasteiger partial charge in [0.1, 0.15) is 5.82 Å². The first-order chi connectivity index (χ1) is 9.08. The summed E-state index contributed by atoms with van der Waals surface area (Å²) in [6.07, 6.45) is 3.60. The van der Waals surface area contributed by atoms with Gasteiger partial charge < -0.3 is 15.3 Å². The summed E-state index contributed by atoms with van der Waals surface area (Å²) in [5.74, 6) is 0.429. The molecular weight excluding hydrogens is 244 g/mol. The lowest BCUT2D eigenvalue weighted by atomic mass is 9.93. The molecule has 2 atom stereocenters. The van der Waals surface area contributed by atoms with Crippen LogP contribution in [0.2, 0.25) is 0 Å². The van der Waals surface area contributed by atoms with Gasteiger partial charge in [0, 0.05) is 14.1 Å². The highest BCUT2D eigenvalue weighted by molar-refractivity contribution is 5.91. The zero-order chi connectivity index (χ0) is 13.8. The number of nitrogens with one attached hydrogen (secondary N) is 1. The zero-order valence-corrected chi connectivity index (χ0v) is 11.3. The van der Waals surface area contributed by atoms with Crippen LogP contribution in [0.4, 0.5) is 5.82 Å². The Balaban J connectivity index is 2.00. The quantitative estimate of drug-likeness (QED) is 0.848. The van der Waals surface area contributed by atoms with E-state index in [0.29, 0.717) is 11.5 Å². The van der Waals surface area contributed by atoms with Crippen molar-refractivity contribution in [1.29, 1.82) is 0 Å². The van der Waals surface area contributed by atoms with Gasteiger partial charge >= 0.3 is 0 Å². The van der Waals surface area contributed by atoms with Gasteiger partial charge in [-0.1, -0.05) is 12.8 Å². The number of aliphatic hydroxyl groups excluding tert-OH is 1. The number of anilines is 1. The predicted octanol–water partition coefficient (Wildman–Crippen LogP) is 0.894. The summed E-state index contributed by atoms with van der Waals surface area (Å²) >= 11 is 0. The summed E-state index contributed by atoms with van der Waals surface area (Å²) < 4.78 is 0. The van der Waals surface area contributed by atoms with Gasteiger partial charge in [0.2, 0.25) is 0 Å². The molecule has 1 amide bonds. The molecule has 19 heavy (non-hydrogen) atoms. The van der Waals surface area contributed by atoms with E-state index in [4.69, 9.17) is 0 Å². The average molecular weight is 264 g/mol. The maximum Gasteiger partial charge on any atom is 0.273 e. The molecule has 0 aromatic carbocycles. The smallest absolute Gasteiger partial charge is 0.273 e. The summed E-state index contributed by atoms with van der Waals surface area (Å²) in [4.78, 5) is 13.1. The van der Waals surface area contributed by atoms with Gasteiger partial charge in [-0.25, -0.2) is 0 Å². The van der Waals surface area contributed by atoms with Crippen LogP contribution in [0, 0.1) is 0 Å². The van der Waals surface area contributed by atoms with Crippen LogP contribution in [0.5, 0.6) is 0 Å². The molecule has 1 heterocycles. The molecular formula is C13H20N4O2. The Bertz CT molecular complexity index is 433. The minimum Gasteiger partial charge on any atom is -0.391 e. The molecule has 0 bridgehead atoms. The van der Waals surface area contributed by atoms with E-state index >= 15 is 0 Å². The number of aromatic nitrogens is 2. The second-order valence-corrected chi connectivity index (χ2v) is 5.11. The van der Waals surface area contributed by atoms with E-state index in [9.17, 15) is 9.90 Å². The largest absolute Gasteiger partial charge is 0.391 e. The third-order valence-electron chi connectivity index (χ3n) is 3.35. The Labute approximate surface area is 112 Å². The SMILES string of the molecule is CN(C)C(=O)c1ccc(NC2CCCCC2O)nn1. The van der Waals surface area contributed by atoms with Crippen molar-refractivity contribution in [3.63, 3.8) is 0 Å². The molecule has 0 aliphatic heterocycles. The van der Waals surface area contributed by atoms with Gasteiger partial charge in [-0.05, 0) is 25.0 Å². The number of rotatable bonds is 3. The van der Waals surface area contributed by atoms with Crippen LogP contribution in [0.15, 0.2) is 12.1 Å². The number of carbonyl (C=O) groups excluding carboxylic acids is 1. The van der Waals surface area contributed by atoms with Gasteiger partial charge in [-0.3, -0.25) is 4.79 Å². The van der Waals surface area contributed by atoms with Crippen molar-refractivity contribution in [2.75, 3.05) is 19.4 Å². The van der Waals surface area contributed by atoms with E-state index in [1.54, 1.807) is 26.2 Å². The lowest BCUT2D eigenvalue weighted by molar-refractivity contribution is 0.0820. The number of hydrogen-bond donors (Lipinski definition) is 2. The standard InChI is InChI=1S/C13H20N4O2/c1-17(2)13(19)10-7-8-12(16-15-10)14-9-5-3-4-6-11(9)18/h7-9,11,18H,3-6H2,1-2H3,(H,14,16).